The minimum Gasteiger partial charge on any atom is -0.384 e. The normalized spacial score (nSPS) is 9.67. The molecule has 3 nitrogen and oxygen atoms in total. The van der Waals surface area contributed by atoms with Gasteiger partial charge in [-0.1, -0.05) is 35.6 Å². The van der Waals surface area contributed by atoms with Gasteiger partial charge in [-0.25, -0.2) is 0 Å². The van der Waals surface area contributed by atoms with Crippen molar-refractivity contribution in [3.05, 3.63) is 64.2 Å². The van der Waals surface area contributed by atoms with Crippen molar-refractivity contribution < 1.29 is 9.90 Å². The summed E-state index contributed by atoms with van der Waals surface area (Å²) in [6.07, 6.45) is 0. The number of nitrogens with one attached hydrogen (secondary N) is 1. The van der Waals surface area contributed by atoms with Gasteiger partial charge in [0.1, 0.15) is 6.61 Å². The van der Waals surface area contributed by atoms with Gasteiger partial charge in [0.2, 0.25) is 0 Å². The van der Waals surface area contributed by atoms with Gasteiger partial charge < -0.3 is 10.4 Å². The van der Waals surface area contributed by atoms with E-state index in [4.69, 9.17) is 16.7 Å². The number of aryl methyl sites for hydroxylation is 1. The van der Waals surface area contributed by atoms with Crippen LogP contribution in [0, 0.1) is 18.8 Å². The third-order valence-corrected chi connectivity index (χ3v) is 3.11. The molecule has 0 unspecified atom stereocenters. The number of anilines is 1. The first kappa shape index (κ1) is 15.1. The third-order valence-electron chi connectivity index (χ3n) is 2.80. The number of amides is 1. The summed E-state index contributed by atoms with van der Waals surface area (Å²) in [6, 6.07) is 12.4. The van der Waals surface area contributed by atoms with Crippen LogP contribution in [0.1, 0.15) is 21.5 Å². The molecule has 0 aliphatic rings. The van der Waals surface area contributed by atoms with E-state index in [1.54, 1.807) is 36.4 Å². The van der Waals surface area contributed by atoms with E-state index in [-0.39, 0.29) is 12.5 Å². The highest BCUT2D eigenvalue weighted by Crippen LogP contribution is 2.19. The molecule has 0 atom stereocenters. The highest BCUT2D eigenvalue weighted by Gasteiger charge is 2.10. The topological polar surface area (TPSA) is 49.3 Å². The molecule has 0 aliphatic heterocycles. The molecular weight excluding hydrogens is 286 g/mol. The van der Waals surface area contributed by atoms with Crippen LogP contribution in [0.5, 0.6) is 0 Å². The molecular formula is C17H14ClNO2. The minimum atomic E-state index is -0.271. The predicted molar refractivity (Wildman–Crippen MR) is 84.5 cm³/mol. The van der Waals surface area contributed by atoms with Crippen LogP contribution in [0.4, 0.5) is 5.69 Å². The van der Waals surface area contributed by atoms with E-state index in [9.17, 15) is 4.79 Å². The number of benzene rings is 2. The molecule has 106 valence electrons. The van der Waals surface area contributed by atoms with E-state index in [0.29, 0.717) is 16.3 Å². The summed E-state index contributed by atoms with van der Waals surface area (Å²) < 4.78 is 0. The average molecular weight is 300 g/mol. The molecule has 0 heterocycles. The first-order valence-electron chi connectivity index (χ1n) is 6.37. The summed E-state index contributed by atoms with van der Waals surface area (Å²) in [7, 11) is 0. The Morgan fingerprint density at radius 3 is 2.81 bits per heavy atom. The second-order valence-electron chi connectivity index (χ2n) is 4.48. The van der Waals surface area contributed by atoms with Crippen LogP contribution in [0.3, 0.4) is 0 Å². The van der Waals surface area contributed by atoms with Gasteiger partial charge in [0.05, 0.1) is 10.6 Å². The summed E-state index contributed by atoms with van der Waals surface area (Å²) in [5.74, 6) is 5.08. The highest BCUT2D eigenvalue weighted by atomic mass is 35.5. The molecule has 4 heteroatoms. The average Bonchev–Trinajstić information content (AvgIpc) is 2.45. The van der Waals surface area contributed by atoms with Crippen molar-refractivity contribution in [2.45, 2.75) is 6.92 Å². The van der Waals surface area contributed by atoms with E-state index in [0.717, 1.165) is 11.1 Å². The van der Waals surface area contributed by atoms with Crippen LogP contribution >= 0.6 is 11.6 Å². The van der Waals surface area contributed by atoms with Crippen LogP contribution in [0.2, 0.25) is 5.02 Å². The number of carbonyl (C=O) groups excluding carboxylic acids is 1. The SMILES string of the molecule is Cc1ccc(C(=O)Nc2cccc(C#CCO)c2)c(Cl)c1. The molecule has 0 radical (unpaired) electrons. The van der Waals surface area contributed by atoms with Gasteiger partial charge >= 0.3 is 0 Å². The van der Waals surface area contributed by atoms with Crippen molar-refractivity contribution in [2.24, 2.45) is 0 Å². The number of rotatable bonds is 2. The van der Waals surface area contributed by atoms with Crippen LogP contribution < -0.4 is 5.32 Å². The molecule has 0 aromatic heterocycles. The maximum absolute atomic E-state index is 12.2. The number of hydrogen-bond donors (Lipinski definition) is 2. The fraction of sp³-hybridized carbons (Fsp3) is 0.118. The summed E-state index contributed by atoms with van der Waals surface area (Å²) in [5.41, 5.74) is 2.77. The zero-order valence-electron chi connectivity index (χ0n) is 11.5. The maximum Gasteiger partial charge on any atom is 0.257 e. The Labute approximate surface area is 128 Å². The molecule has 2 N–H and O–H groups in total. The van der Waals surface area contributed by atoms with E-state index in [1.165, 1.54) is 0 Å². The molecule has 21 heavy (non-hydrogen) atoms. The number of aliphatic hydroxyl groups excluding tert-OH is 1. The van der Waals surface area contributed by atoms with Crippen LogP contribution in [-0.4, -0.2) is 17.6 Å². The molecule has 0 bridgehead atoms. The Morgan fingerprint density at radius 2 is 2.10 bits per heavy atom. The highest BCUT2D eigenvalue weighted by molar-refractivity contribution is 6.34. The molecule has 1 amide bonds. The lowest BCUT2D eigenvalue weighted by atomic mass is 10.1. The van der Waals surface area contributed by atoms with Crippen LogP contribution in [0.25, 0.3) is 0 Å². The quantitative estimate of drug-likeness (QED) is 0.836. The van der Waals surface area contributed by atoms with E-state index >= 15 is 0 Å². The molecule has 0 saturated heterocycles. The van der Waals surface area contributed by atoms with Gasteiger partial charge in [-0.3, -0.25) is 4.79 Å². The fourth-order valence-corrected chi connectivity index (χ4v) is 2.14. The standard InChI is InChI=1S/C17H14ClNO2/c1-12-7-8-15(16(18)10-12)17(21)19-14-6-2-4-13(11-14)5-3-9-20/h2,4,6-8,10-11,20H,9H2,1H3,(H,19,21). The van der Waals surface area contributed by atoms with Crippen molar-refractivity contribution in [2.75, 3.05) is 11.9 Å². The minimum absolute atomic E-state index is 0.199. The maximum atomic E-state index is 12.2. The Hall–Kier alpha value is -2.28. The number of aliphatic hydroxyl groups is 1. The van der Waals surface area contributed by atoms with Crippen molar-refractivity contribution in [1.82, 2.24) is 0 Å². The van der Waals surface area contributed by atoms with Crippen LogP contribution in [-0.2, 0) is 0 Å². The molecule has 0 fully saturated rings. The summed E-state index contributed by atoms with van der Waals surface area (Å²) in [4.78, 5) is 12.2. The van der Waals surface area contributed by atoms with Gasteiger partial charge in [-0.15, -0.1) is 0 Å². The Bertz CT molecular complexity index is 729. The van der Waals surface area contributed by atoms with Crippen molar-refractivity contribution >= 4 is 23.2 Å². The Morgan fingerprint density at radius 1 is 1.29 bits per heavy atom. The molecule has 2 rings (SSSR count). The lowest BCUT2D eigenvalue weighted by Crippen LogP contribution is -2.12. The molecule has 0 spiro atoms. The van der Waals surface area contributed by atoms with Gasteiger partial charge in [0.15, 0.2) is 0 Å². The Balaban J connectivity index is 2.19. The molecule has 2 aromatic carbocycles. The lowest BCUT2D eigenvalue weighted by Gasteiger charge is -2.07. The summed E-state index contributed by atoms with van der Waals surface area (Å²) in [5, 5.41) is 11.9. The zero-order valence-corrected chi connectivity index (χ0v) is 12.2. The second kappa shape index (κ2) is 6.94. The van der Waals surface area contributed by atoms with Gasteiger partial charge in [-0.05, 0) is 42.8 Å². The third kappa shape index (κ3) is 4.09. The number of hydrogen-bond acceptors (Lipinski definition) is 2. The second-order valence-corrected chi connectivity index (χ2v) is 4.89. The molecule has 0 saturated carbocycles. The van der Waals surface area contributed by atoms with Gasteiger partial charge in [-0.2, -0.15) is 0 Å². The van der Waals surface area contributed by atoms with E-state index in [1.807, 2.05) is 13.0 Å². The predicted octanol–water partition coefficient (Wildman–Crippen LogP) is 3.24. The first-order chi connectivity index (χ1) is 10.1. The summed E-state index contributed by atoms with van der Waals surface area (Å²) >= 11 is 6.08. The first-order valence-corrected chi connectivity index (χ1v) is 6.75. The summed E-state index contributed by atoms with van der Waals surface area (Å²) in [6.45, 7) is 1.71. The van der Waals surface area contributed by atoms with Crippen molar-refractivity contribution in [1.29, 1.82) is 0 Å². The zero-order chi connectivity index (χ0) is 15.2. The molecule has 2 aromatic rings. The lowest BCUT2D eigenvalue weighted by molar-refractivity contribution is 0.102. The van der Waals surface area contributed by atoms with Crippen molar-refractivity contribution in [3.63, 3.8) is 0 Å². The van der Waals surface area contributed by atoms with Crippen LogP contribution in [0.15, 0.2) is 42.5 Å². The fourth-order valence-electron chi connectivity index (χ4n) is 1.82. The van der Waals surface area contributed by atoms with Gasteiger partial charge in [0, 0.05) is 11.3 Å². The van der Waals surface area contributed by atoms with E-state index in [2.05, 4.69) is 17.2 Å². The van der Waals surface area contributed by atoms with E-state index < -0.39 is 0 Å². The largest absolute Gasteiger partial charge is 0.384 e. The van der Waals surface area contributed by atoms with Crippen molar-refractivity contribution in [3.8, 4) is 11.8 Å². The number of halogens is 1. The smallest absolute Gasteiger partial charge is 0.257 e. The number of carbonyl (C=O) groups is 1. The monoisotopic (exact) mass is 299 g/mol. The molecule has 0 aliphatic carbocycles. The Kier molecular flexibility index (Phi) is 4.99. The van der Waals surface area contributed by atoms with Gasteiger partial charge in [0.25, 0.3) is 5.91 Å².